The summed E-state index contributed by atoms with van der Waals surface area (Å²) >= 11 is 0. The first-order chi connectivity index (χ1) is 7.16. The molecule has 1 atom stereocenters. The summed E-state index contributed by atoms with van der Waals surface area (Å²) in [6.07, 6.45) is 5.34. The van der Waals surface area contributed by atoms with Crippen LogP contribution in [0.1, 0.15) is 23.2 Å². The number of hydrogen-bond acceptors (Lipinski definition) is 3. The number of carbonyl (C=O) groups excluding carboxylic acids is 1. The number of aryl methyl sites for hydroxylation is 1. The van der Waals surface area contributed by atoms with Crippen molar-refractivity contribution in [2.24, 2.45) is 12.8 Å². The van der Waals surface area contributed by atoms with Gasteiger partial charge in [0, 0.05) is 32.4 Å². The van der Waals surface area contributed by atoms with Crippen molar-refractivity contribution in [1.29, 1.82) is 0 Å². The van der Waals surface area contributed by atoms with Crippen LogP contribution in [-0.4, -0.2) is 39.7 Å². The van der Waals surface area contributed by atoms with Gasteiger partial charge in [0.2, 0.25) is 0 Å². The number of likely N-dealkylation sites (tertiary alicyclic amines) is 1. The molecule has 1 saturated heterocycles. The van der Waals surface area contributed by atoms with E-state index in [0.29, 0.717) is 12.1 Å². The summed E-state index contributed by atoms with van der Waals surface area (Å²) in [4.78, 5) is 13.8. The van der Waals surface area contributed by atoms with Gasteiger partial charge in [0.25, 0.3) is 5.91 Å². The van der Waals surface area contributed by atoms with Crippen molar-refractivity contribution in [2.75, 3.05) is 13.1 Å². The summed E-state index contributed by atoms with van der Waals surface area (Å²) in [5.74, 6) is 0.0400. The Labute approximate surface area is 88.8 Å². The minimum absolute atomic E-state index is 0.0400. The zero-order chi connectivity index (χ0) is 10.8. The van der Waals surface area contributed by atoms with E-state index < -0.39 is 0 Å². The zero-order valence-electron chi connectivity index (χ0n) is 8.89. The second kappa shape index (κ2) is 4.02. The Morgan fingerprint density at radius 2 is 2.47 bits per heavy atom. The molecule has 0 radical (unpaired) electrons. The van der Waals surface area contributed by atoms with Gasteiger partial charge >= 0.3 is 0 Å². The molecule has 5 nitrogen and oxygen atoms in total. The second-order valence-corrected chi connectivity index (χ2v) is 4.06. The number of carbonyl (C=O) groups is 1. The van der Waals surface area contributed by atoms with Gasteiger partial charge in [0.1, 0.15) is 0 Å². The fraction of sp³-hybridized carbons (Fsp3) is 0.600. The maximum Gasteiger partial charge on any atom is 0.257 e. The Hall–Kier alpha value is -1.36. The largest absolute Gasteiger partial charge is 0.337 e. The number of piperidine rings is 1. The van der Waals surface area contributed by atoms with Gasteiger partial charge in [-0.05, 0) is 12.8 Å². The van der Waals surface area contributed by atoms with Crippen LogP contribution >= 0.6 is 0 Å². The van der Waals surface area contributed by atoms with Crippen LogP contribution in [-0.2, 0) is 7.05 Å². The highest BCUT2D eigenvalue weighted by atomic mass is 16.2. The van der Waals surface area contributed by atoms with Crippen molar-refractivity contribution >= 4 is 5.91 Å². The Bertz CT molecular complexity index is 360. The Kier molecular flexibility index (Phi) is 2.73. The lowest BCUT2D eigenvalue weighted by molar-refractivity contribution is 0.0708. The monoisotopic (exact) mass is 208 g/mol. The number of nitrogens with two attached hydrogens (primary N) is 1. The first kappa shape index (κ1) is 10.2. The van der Waals surface area contributed by atoms with Crippen molar-refractivity contribution in [3.8, 4) is 0 Å². The minimum atomic E-state index is 0.0400. The van der Waals surface area contributed by atoms with Gasteiger partial charge in [-0.15, -0.1) is 0 Å². The number of aromatic nitrogens is 2. The van der Waals surface area contributed by atoms with E-state index in [0.717, 1.165) is 19.4 Å². The molecule has 1 aliphatic rings. The maximum absolute atomic E-state index is 12.0. The summed E-state index contributed by atoms with van der Waals surface area (Å²) < 4.78 is 1.64. The van der Waals surface area contributed by atoms with Gasteiger partial charge in [-0.3, -0.25) is 9.48 Å². The summed E-state index contributed by atoms with van der Waals surface area (Å²) in [5.41, 5.74) is 6.48. The van der Waals surface area contributed by atoms with Gasteiger partial charge in [-0.1, -0.05) is 0 Å². The van der Waals surface area contributed by atoms with E-state index in [1.54, 1.807) is 24.1 Å². The molecule has 0 spiro atoms. The van der Waals surface area contributed by atoms with Gasteiger partial charge in [-0.25, -0.2) is 0 Å². The topological polar surface area (TPSA) is 64.2 Å². The van der Waals surface area contributed by atoms with Crippen LogP contribution in [0.15, 0.2) is 12.4 Å². The highest BCUT2D eigenvalue weighted by Gasteiger charge is 2.22. The number of amides is 1. The molecule has 2 N–H and O–H groups in total. The van der Waals surface area contributed by atoms with Crippen LogP contribution < -0.4 is 5.73 Å². The van der Waals surface area contributed by atoms with Crippen molar-refractivity contribution in [3.05, 3.63) is 18.0 Å². The van der Waals surface area contributed by atoms with Crippen molar-refractivity contribution < 1.29 is 4.79 Å². The van der Waals surface area contributed by atoms with Gasteiger partial charge in [0.05, 0.1) is 11.8 Å². The van der Waals surface area contributed by atoms with Gasteiger partial charge in [-0.2, -0.15) is 5.10 Å². The summed E-state index contributed by atoms with van der Waals surface area (Å²) in [6, 6.07) is 0.124. The Morgan fingerprint density at radius 1 is 1.67 bits per heavy atom. The summed E-state index contributed by atoms with van der Waals surface area (Å²) in [6.45, 7) is 1.47. The third-order valence-electron chi connectivity index (χ3n) is 2.70. The fourth-order valence-electron chi connectivity index (χ4n) is 1.91. The molecule has 0 aromatic carbocycles. The molecule has 1 aromatic rings. The smallest absolute Gasteiger partial charge is 0.257 e. The van der Waals surface area contributed by atoms with E-state index in [9.17, 15) is 4.79 Å². The minimum Gasteiger partial charge on any atom is -0.337 e. The lowest BCUT2D eigenvalue weighted by Crippen LogP contribution is -2.45. The molecule has 1 fully saturated rings. The molecule has 0 aliphatic carbocycles. The Morgan fingerprint density at radius 3 is 3.07 bits per heavy atom. The molecule has 82 valence electrons. The standard InChI is InChI=1S/C10H16N4O/c1-13-6-8(5-12-13)10(15)14-4-2-3-9(11)7-14/h5-6,9H,2-4,7,11H2,1H3. The molecule has 0 saturated carbocycles. The van der Waals surface area contributed by atoms with Crippen molar-refractivity contribution in [3.63, 3.8) is 0 Å². The third kappa shape index (κ3) is 2.18. The van der Waals surface area contributed by atoms with Gasteiger partial charge in [0.15, 0.2) is 0 Å². The van der Waals surface area contributed by atoms with E-state index in [-0.39, 0.29) is 11.9 Å². The average molecular weight is 208 g/mol. The molecule has 1 aliphatic heterocycles. The first-order valence-electron chi connectivity index (χ1n) is 5.20. The van der Waals surface area contributed by atoms with Crippen LogP contribution in [0.2, 0.25) is 0 Å². The number of hydrogen-bond donors (Lipinski definition) is 1. The van der Waals surface area contributed by atoms with E-state index >= 15 is 0 Å². The lowest BCUT2D eigenvalue weighted by Gasteiger charge is -2.30. The maximum atomic E-state index is 12.0. The quantitative estimate of drug-likeness (QED) is 0.705. The lowest BCUT2D eigenvalue weighted by atomic mass is 10.1. The van der Waals surface area contributed by atoms with E-state index in [1.165, 1.54) is 0 Å². The zero-order valence-corrected chi connectivity index (χ0v) is 8.89. The van der Waals surface area contributed by atoms with E-state index in [1.807, 2.05) is 4.90 Å². The SMILES string of the molecule is Cn1cc(C(=O)N2CCCC(N)C2)cn1. The van der Waals surface area contributed by atoms with Crippen LogP contribution in [0.5, 0.6) is 0 Å². The van der Waals surface area contributed by atoms with Crippen molar-refractivity contribution in [1.82, 2.24) is 14.7 Å². The Balaban J connectivity index is 2.07. The van der Waals surface area contributed by atoms with Crippen LogP contribution in [0.25, 0.3) is 0 Å². The molecule has 2 heterocycles. The van der Waals surface area contributed by atoms with Crippen LogP contribution in [0.4, 0.5) is 0 Å². The van der Waals surface area contributed by atoms with Gasteiger partial charge < -0.3 is 10.6 Å². The molecule has 2 rings (SSSR count). The molecular formula is C10H16N4O. The summed E-state index contributed by atoms with van der Waals surface area (Å²) in [5, 5.41) is 3.99. The average Bonchev–Trinajstić information content (AvgIpc) is 2.64. The van der Waals surface area contributed by atoms with Crippen LogP contribution in [0.3, 0.4) is 0 Å². The molecule has 1 unspecified atom stereocenters. The molecular weight excluding hydrogens is 192 g/mol. The highest BCUT2D eigenvalue weighted by Crippen LogP contribution is 2.11. The van der Waals surface area contributed by atoms with Crippen LogP contribution in [0, 0.1) is 0 Å². The second-order valence-electron chi connectivity index (χ2n) is 4.06. The van der Waals surface area contributed by atoms with Crippen molar-refractivity contribution in [2.45, 2.75) is 18.9 Å². The predicted molar refractivity (Wildman–Crippen MR) is 56.3 cm³/mol. The number of nitrogens with zero attached hydrogens (tertiary/aromatic N) is 3. The molecule has 1 amide bonds. The molecule has 5 heteroatoms. The fourth-order valence-corrected chi connectivity index (χ4v) is 1.91. The van der Waals surface area contributed by atoms with E-state index in [2.05, 4.69) is 5.10 Å². The normalized spacial score (nSPS) is 21.7. The number of rotatable bonds is 1. The first-order valence-corrected chi connectivity index (χ1v) is 5.20. The summed E-state index contributed by atoms with van der Waals surface area (Å²) in [7, 11) is 1.80. The molecule has 0 bridgehead atoms. The molecule has 15 heavy (non-hydrogen) atoms. The molecule has 1 aromatic heterocycles. The third-order valence-corrected chi connectivity index (χ3v) is 2.70. The predicted octanol–water partition coefficient (Wildman–Crippen LogP) is -0.0166. The van der Waals surface area contributed by atoms with E-state index in [4.69, 9.17) is 5.73 Å². The highest BCUT2D eigenvalue weighted by molar-refractivity contribution is 5.93.